The molecule has 0 bridgehead atoms. The molecule has 0 unspecified atom stereocenters. The van der Waals surface area contributed by atoms with Crippen LogP contribution in [0.25, 0.3) is 23.4 Å². The number of hydrogen-bond donors (Lipinski definition) is 2. The summed E-state index contributed by atoms with van der Waals surface area (Å²) in [4.78, 5) is 39.2. The molecule has 32 heavy (non-hydrogen) atoms. The first-order valence-electron chi connectivity index (χ1n) is 9.07. The summed E-state index contributed by atoms with van der Waals surface area (Å²) >= 11 is 5.99. The quantitative estimate of drug-likeness (QED) is 0.565. The van der Waals surface area contributed by atoms with Gasteiger partial charge in [0.25, 0.3) is 5.56 Å². The Hall–Kier alpha value is -3.85. The molecule has 1 aliphatic carbocycles. The van der Waals surface area contributed by atoms with E-state index < -0.39 is 45.9 Å². The Bertz CT molecular complexity index is 1450. The maximum Gasteiger partial charge on any atom is 0.416 e. The number of aromatic nitrogens is 2. The zero-order valence-electron chi connectivity index (χ0n) is 15.9. The van der Waals surface area contributed by atoms with E-state index in [1.54, 1.807) is 30.3 Å². The molecule has 10 heteroatoms. The number of aromatic amines is 1. The van der Waals surface area contributed by atoms with Gasteiger partial charge in [0, 0.05) is 5.57 Å². The molecule has 0 spiro atoms. The van der Waals surface area contributed by atoms with Crippen molar-refractivity contribution in [1.82, 2.24) is 9.55 Å². The number of nitrogens with zero attached hydrogens (tertiary/aromatic N) is 1. The van der Waals surface area contributed by atoms with Crippen molar-refractivity contribution < 1.29 is 23.1 Å². The third-order valence-electron chi connectivity index (χ3n) is 4.85. The smallest absolute Gasteiger partial charge is 0.416 e. The van der Waals surface area contributed by atoms with Gasteiger partial charge in [0.05, 0.1) is 16.3 Å². The maximum atomic E-state index is 13.1. The molecule has 1 aromatic heterocycles. The van der Waals surface area contributed by atoms with E-state index in [1.807, 2.05) is 4.98 Å². The number of aromatic hydroxyl groups is 1. The van der Waals surface area contributed by atoms with Crippen molar-refractivity contribution in [2.75, 3.05) is 0 Å². The second-order valence-corrected chi connectivity index (χ2v) is 7.25. The first-order chi connectivity index (χ1) is 15.1. The molecule has 0 fully saturated rings. The van der Waals surface area contributed by atoms with Gasteiger partial charge in [-0.3, -0.25) is 14.6 Å². The van der Waals surface area contributed by atoms with Crippen molar-refractivity contribution in [3.05, 3.63) is 96.7 Å². The van der Waals surface area contributed by atoms with Crippen LogP contribution in [0.1, 0.15) is 22.3 Å². The van der Waals surface area contributed by atoms with E-state index in [-0.39, 0.29) is 10.6 Å². The highest BCUT2D eigenvalue weighted by Gasteiger charge is 2.32. The third kappa shape index (κ3) is 3.67. The van der Waals surface area contributed by atoms with Crippen LogP contribution >= 0.6 is 11.6 Å². The number of allylic oxidation sites excluding steroid dienone is 2. The van der Waals surface area contributed by atoms with E-state index in [2.05, 4.69) is 0 Å². The number of rotatable bonds is 2. The van der Waals surface area contributed by atoms with Crippen molar-refractivity contribution in [3.8, 4) is 11.6 Å². The Morgan fingerprint density at radius 1 is 1.03 bits per heavy atom. The number of fused-ring (bicyclic) bond motifs is 1. The van der Waals surface area contributed by atoms with E-state index in [4.69, 9.17) is 11.6 Å². The van der Waals surface area contributed by atoms with Crippen LogP contribution in [0.4, 0.5) is 13.2 Å². The highest BCUT2D eigenvalue weighted by atomic mass is 35.5. The standard InChI is InChI=1S/C22H12ClF3N2O4/c23-16-7-6-12(22(24,25)26)9-17(16)28-20(31)15(19(30)27-21(28)32)10-14-13-4-2-1-3-11(13)5-8-18(14)29/h1-10,31H,(H,27,30,32). The second-order valence-electron chi connectivity index (χ2n) is 6.84. The topological polar surface area (TPSA) is 92.2 Å². The Morgan fingerprint density at radius 2 is 1.75 bits per heavy atom. The third-order valence-corrected chi connectivity index (χ3v) is 5.17. The number of carbonyl (C=O) groups excluding carboxylic acids is 1. The van der Waals surface area contributed by atoms with Gasteiger partial charge in [-0.05, 0) is 41.5 Å². The van der Waals surface area contributed by atoms with Crippen LogP contribution in [0, 0.1) is 0 Å². The minimum Gasteiger partial charge on any atom is -0.494 e. The van der Waals surface area contributed by atoms with E-state index in [1.165, 1.54) is 6.08 Å². The number of benzene rings is 2. The van der Waals surface area contributed by atoms with Gasteiger partial charge in [0.15, 0.2) is 5.78 Å². The van der Waals surface area contributed by atoms with Crippen molar-refractivity contribution in [1.29, 1.82) is 0 Å². The van der Waals surface area contributed by atoms with Crippen molar-refractivity contribution >= 4 is 35.1 Å². The van der Waals surface area contributed by atoms with Crippen molar-refractivity contribution in [2.45, 2.75) is 6.18 Å². The lowest BCUT2D eigenvalue weighted by Crippen LogP contribution is -2.31. The zero-order chi connectivity index (χ0) is 23.2. The Morgan fingerprint density at radius 3 is 2.47 bits per heavy atom. The van der Waals surface area contributed by atoms with Gasteiger partial charge >= 0.3 is 11.9 Å². The average Bonchev–Trinajstić information content (AvgIpc) is 2.72. The first-order valence-corrected chi connectivity index (χ1v) is 9.44. The zero-order valence-corrected chi connectivity index (χ0v) is 16.7. The second kappa shape index (κ2) is 7.69. The minimum absolute atomic E-state index is 0.0595. The molecule has 1 aliphatic rings. The Labute approximate surface area is 182 Å². The molecule has 6 nitrogen and oxygen atoms in total. The lowest BCUT2D eigenvalue weighted by Gasteiger charge is -2.16. The van der Waals surface area contributed by atoms with Crippen LogP contribution < -0.4 is 11.2 Å². The summed E-state index contributed by atoms with van der Waals surface area (Å²) in [6.45, 7) is 0. The average molecular weight is 461 g/mol. The van der Waals surface area contributed by atoms with Crippen LogP contribution in [0.5, 0.6) is 5.88 Å². The number of carbonyl (C=O) groups is 1. The van der Waals surface area contributed by atoms with Crippen LogP contribution in [-0.2, 0) is 11.0 Å². The van der Waals surface area contributed by atoms with E-state index >= 15 is 0 Å². The maximum absolute atomic E-state index is 13.1. The minimum atomic E-state index is -4.74. The molecule has 1 heterocycles. The van der Waals surface area contributed by atoms with Gasteiger partial charge in [-0.2, -0.15) is 13.2 Å². The van der Waals surface area contributed by atoms with E-state index in [0.717, 1.165) is 12.1 Å². The first kappa shape index (κ1) is 21.4. The predicted octanol–water partition coefficient (Wildman–Crippen LogP) is 4.04. The fraction of sp³-hybridized carbons (Fsp3) is 0.0455. The van der Waals surface area contributed by atoms with Crippen LogP contribution in [0.2, 0.25) is 5.02 Å². The van der Waals surface area contributed by atoms with Crippen LogP contribution in [-0.4, -0.2) is 20.4 Å². The summed E-state index contributed by atoms with van der Waals surface area (Å²) in [5.74, 6) is -1.43. The molecular weight excluding hydrogens is 449 g/mol. The van der Waals surface area contributed by atoms with Gasteiger partial charge < -0.3 is 5.11 Å². The molecule has 2 aromatic carbocycles. The highest BCUT2D eigenvalue weighted by Crippen LogP contribution is 2.34. The molecule has 2 N–H and O–H groups in total. The van der Waals surface area contributed by atoms with Crippen LogP contribution in [0.15, 0.2) is 58.1 Å². The summed E-state index contributed by atoms with van der Waals surface area (Å²) < 4.78 is 39.9. The Balaban J connectivity index is 1.98. The number of halogens is 4. The van der Waals surface area contributed by atoms with Gasteiger partial charge in [-0.25, -0.2) is 9.36 Å². The normalized spacial score (nSPS) is 14.6. The van der Waals surface area contributed by atoms with Gasteiger partial charge in [0.1, 0.15) is 5.56 Å². The summed E-state index contributed by atoms with van der Waals surface area (Å²) in [6, 6.07) is 8.99. The largest absolute Gasteiger partial charge is 0.494 e. The molecule has 0 saturated heterocycles. The lowest BCUT2D eigenvalue weighted by molar-refractivity contribution is -0.137. The lowest BCUT2D eigenvalue weighted by atomic mass is 9.90. The monoisotopic (exact) mass is 460 g/mol. The van der Waals surface area contributed by atoms with Crippen molar-refractivity contribution in [3.63, 3.8) is 0 Å². The highest BCUT2D eigenvalue weighted by molar-refractivity contribution is 6.33. The summed E-state index contributed by atoms with van der Waals surface area (Å²) in [7, 11) is 0. The molecule has 0 aliphatic heterocycles. The summed E-state index contributed by atoms with van der Waals surface area (Å²) in [5, 5.41) is 10.4. The number of H-pyrrole nitrogens is 1. The fourth-order valence-electron chi connectivity index (χ4n) is 3.32. The van der Waals surface area contributed by atoms with E-state index in [0.29, 0.717) is 27.8 Å². The molecule has 0 saturated carbocycles. The molecule has 4 rings (SSSR count). The Kier molecular flexibility index (Phi) is 5.14. The summed E-state index contributed by atoms with van der Waals surface area (Å²) in [5.41, 5.74) is -3.11. The van der Waals surface area contributed by atoms with Gasteiger partial charge in [-0.1, -0.05) is 41.9 Å². The molecule has 0 amide bonds. The predicted molar refractivity (Wildman–Crippen MR) is 113 cm³/mol. The number of alkyl halides is 3. The van der Waals surface area contributed by atoms with Crippen molar-refractivity contribution in [2.24, 2.45) is 0 Å². The number of nitrogens with one attached hydrogen (secondary N) is 1. The summed E-state index contributed by atoms with van der Waals surface area (Å²) in [6.07, 6.45) is -0.798. The van der Waals surface area contributed by atoms with Gasteiger partial charge in [0.2, 0.25) is 5.88 Å². The molecular formula is C22H12ClF3N2O4. The molecule has 0 radical (unpaired) electrons. The molecule has 162 valence electrons. The van der Waals surface area contributed by atoms with Gasteiger partial charge in [-0.15, -0.1) is 0 Å². The fourth-order valence-corrected chi connectivity index (χ4v) is 3.52. The van der Waals surface area contributed by atoms with E-state index in [9.17, 15) is 32.7 Å². The van der Waals surface area contributed by atoms with Crippen LogP contribution in [0.3, 0.4) is 0 Å². The number of ketones is 1. The molecule has 0 atom stereocenters. The SMILES string of the molecule is O=C1C=Cc2ccccc2C1=Cc1c(O)n(-c2cc(C(F)(F)F)ccc2Cl)c(=O)[nH]c1=O. The molecule has 3 aromatic rings. The number of hydrogen-bond acceptors (Lipinski definition) is 4.